The van der Waals surface area contributed by atoms with E-state index in [9.17, 15) is 24.0 Å². The highest BCUT2D eigenvalue weighted by atomic mass is 32.1. The lowest BCUT2D eigenvalue weighted by Crippen LogP contribution is -2.41. The van der Waals surface area contributed by atoms with E-state index in [0.29, 0.717) is 74.0 Å². The highest BCUT2D eigenvalue weighted by molar-refractivity contribution is 7.20. The minimum atomic E-state index is -0.483. The Balaban J connectivity index is 0.934. The van der Waals surface area contributed by atoms with Crippen LogP contribution in [-0.2, 0) is 11.3 Å². The summed E-state index contributed by atoms with van der Waals surface area (Å²) in [4.78, 5) is 74.1. The lowest BCUT2D eigenvalue weighted by Gasteiger charge is -2.30. The number of aryl methyl sites for hydroxylation is 1. The summed E-state index contributed by atoms with van der Waals surface area (Å²) in [6, 6.07) is 16.2. The number of anilines is 2. The predicted molar refractivity (Wildman–Crippen MR) is 188 cm³/mol. The van der Waals surface area contributed by atoms with Crippen LogP contribution in [0.15, 0.2) is 71.8 Å². The van der Waals surface area contributed by atoms with E-state index in [-0.39, 0.29) is 35.9 Å². The SMILES string of the molecule is Cc1c(C(=O)Nc2ccc(Oc3ccc4c(c3)C(=O)N(c3ccc5c(c3)OCO5)C4=O)cc2)sc2ncn(CC(=O)N3CCC(C)CC3)c(=O)c12. The van der Waals surface area contributed by atoms with Crippen LogP contribution < -0.4 is 30.0 Å². The highest BCUT2D eigenvalue weighted by Crippen LogP contribution is 2.39. The fourth-order valence-corrected chi connectivity index (χ4v) is 7.50. The maximum absolute atomic E-state index is 13.4. The van der Waals surface area contributed by atoms with E-state index < -0.39 is 17.7 Å². The third-order valence-electron chi connectivity index (χ3n) is 9.39. The van der Waals surface area contributed by atoms with Crippen molar-refractivity contribution in [3.8, 4) is 23.0 Å². The number of thiophene rings is 1. The number of nitrogens with one attached hydrogen (secondary N) is 1. The first kappa shape index (κ1) is 32.2. The molecule has 1 fully saturated rings. The van der Waals surface area contributed by atoms with Gasteiger partial charge in [-0.3, -0.25) is 28.5 Å². The number of carbonyl (C=O) groups excluding carboxylic acids is 4. The van der Waals surface area contributed by atoms with Crippen molar-refractivity contribution in [3.63, 3.8) is 0 Å². The van der Waals surface area contributed by atoms with Crippen LogP contribution in [0.4, 0.5) is 11.4 Å². The minimum absolute atomic E-state index is 0.0746. The number of hydrogen-bond donors (Lipinski definition) is 1. The van der Waals surface area contributed by atoms with Gasteiger partial charge in [-0.15, -0.1) is 11.3 Å². The first-order valence-electron chi connectivity index (χ1n) is 16.4. The van der Waals surface area contributed by atoms with Gasteiger partial charge in [-0.1, -0.05) is 6.92 Å². The summed E-state index contributed by atoms with van der Waals surface area (Å²) in [6.45, 7) is 5.21. The second-order valence-electron chi connectivity index (χ2n) is 12.7. The van der Waals surface area contributed by atoms with Gasteiger partial charge >= 0.3 is 0 Å². The fraction of sp³-hybridized carbons (Fsp3) is 0.243. The molecule has 3 aliphatic rings. The number of hydrogen-bond acceptors (Lipinski definition) is 10. The van der Waals surface area contributed by atoms with Crippen LogP contribution in [0.2, 0.25) is 0 Å². The molecule has 0 saturated carbocycles. The van der Waals surface area contributed by atoms with Gasteiger partial charge in [-0.25, -0.2) is 9.88 Å². The van der Waals surface area contributed by atoms with Crippen molar-refractivity contribution in [3.05, 3.63) is 98.9 Å². The first-order chi connectivity index (χ1) is 24.6. The molecule has 1 N–H and O–H groups in total. The van der Waals surface area contributed by atoms with E-state index in [0.717, 1.165) is 29.1 Å². The fourth-order valence-electron chi connectivity index (χ4n) is 6.46. The van der Waals surface area contributed by atoms with Crippen LogP contribution in [0.1, 0.15) is 55.7 Å². The molecule has 13 nitrogen and oxygen atoms in total. The Kier molecular flexibility index (Phi) is 8.02. The number of imide groups is 1. The second-order valence-corrected chi connectivity index (χ2v) is 13.7. The van der Waals surface area contributed by atoms with Gasteiger partial charge in [0.1, 0.15) is 22.9 Å². The normalized spacial score (nSPS) is 15.4. The van der Waals surface area contributed by atoms with Gasteiger partial charge in [0.05, 0.1) is 33.4 Å². The number of carbonyl (C=O) groups is 4. The lowest BCUT2D eigenvalue weighted by molar-refractivity contribution is -0.133. The lowest BCUT2D eigenvalue weighted by atomic mass is 9.99. The van der Waals surface area contributed by atoms with Crippen LogP contribution in [0.25, 0.3) is 10.2 Å². The number of fused-ring (bicyclic) bond motifs is 3. The molecular formula is C37H31N5O8S. The van der Waals surface area contributed by atoms with Gasteiger partial charge in [0.2, 0.25) is 12.7 Å². The molecule has 3 aromatic carbocycles. The van der Waals surface area contributed by atoms with Crippen LogP contribution in [-0.4, -0.2) is 58.0 Å². The number of aromatic nitrogens is 2. The van der Waals surface area contributed by atoms with Gasteiger partial charge in [0.15, 0.2) is 11.5 Å². The Labute approximate surface area is 295 Å². The van der Waals surface area contributed by atoms with Crippen LogP contribution in [0.5, 0.6) is 23.0 Å². The maximum Gasteiger partial charge on any atom is 0.266 e. The number of nitrogens with zero attached hydrogens (tertiary/aromatic N) is 4. The quantitative estimate of drug-likeness (QED) is 0.214. The van der Waals surface area contributed by atoms with Crippen molar-refractivity contribution in [2.24, 2.45) is 5.92 Å². The molecule has 5 aromatic rings. The van der Waals surface area contributed by atoms with Crippen LogP contribution in [0.3, 0.4) is 0 Å². The van der Waals surface area contributed by atoms with Crippen molar-refractivity contribution < 1.29 is 33.4 Å². The van der Waals surface area contributed by atoms with Crippen LogP contribution in [0, 0.1) is 12.8 Å². The number of rotatable bonds is 7. The molecule has 2 aromatic heterocycles. The second kappa shape index (κ2) is 12.7. The summed E-state index contributed by atoms with van der Waals surface area (Å²) < 4.78 is 18.0. The highest BCUT2D eigenvalue weighted by Gasteiger charge is 2.38. The zero-order valence-electron chi connectivity index (χ0n) is 27.6. The number of piperidine rings is 1. The molecule has 4 amide bonds. The van der Waals surface area contributed by atoms with Crippen molar-refractivity contribution in [1.29, 1.82) is 0 Å². The molecule has 0 atom stereocenters. The standard InChI is InChI=1S/C37H31N5O8S/c1-20-11-13-40(14-12-20)30(43)17-41-18-38-34-31(37(41)47)21(2)32(51-34)33(44)39-22-3-6-24(7-4-22)50-25-8-9-26-27(16-25)36(46)42(35(26)45)23-5-10-28-29(15-23)49-19-48-28/h3-10,15-16,18,20H,11-14,17,19H2,1-2H3,(H,39,44). The first-order valence-corrected chi connectivity index (χ1v) is 17.2. The molecule has 5 heterocycles. The molecule has 0 unspecified atom stereocenters. The van der Waals surface area contributed by atoms with E-state index in [1.807, 2.05) is 0 Å². The van der Waals surface area contributed by atoms with Gasteiger partial charge < -0.3 is 24.4 Å². The van der Waals surface area contributed by atoms with Crippen LogP contribution >= 0.6 is 11.3 Å². The Morgan fingerprint density at radius 3 is 2.43 bits per heavy atom. The molecule has 0 spiro atoms. The summed E-state index contributed by atoms with van der Waals surface area (Å²) in [5, 5.41) is 3.18. The topological polar surface area (TPSA) is 149 Å². The average Bonchev–Trinajstić information content (AvgIpc) is 3.81. The molecule has 0 aliphatic carbocycles. The molecule has 0 radical (unpaired) electrons. The molecule has 51 heavy (non-hydrogen) atoms. The van der Waals surface area contributed by atoms with Crippen molar-refractivity contribution >= 4 is 56.6 Å². The number of benzene rings is 3. The predicted octanol–water partition coefficient (Wildman–Crippen LogP) is 5.60. The summed E-state index contributed by atoms with van der Waals surface area (Å²) >= 11 is 1.12. The third-order valence-corrected chi connectivity index (χ3v) is 10.6. The zero-order valence-corrected chi connectivity index (χ0v) is 28.5. The van der Waals surface area contributed by atoms with Crippen molar-refractivity contribution in [2.45, 2.75) is 33.2 Å². The Bertz CT molecular complexity index is 2320. The average molecular weight is 706 g/mol. The minimum Gasteiger partial charge on any atom is -0.457 e. The maximum atomic E-state index is 13.4. The van der Waals surface area contributed by atoms with E-state index in [4.69, 9.17) is 14.2 Å². The molecule has 14 heteroatoms. The van der Waals surface area contributed by atoms with E-state index in [1.54, 1.807) is 66.4 Å². The number of likely N-dealkylation sites (tertiary alicyclic amines) is 1. The van der Waals surface area contributed by atoms with Crippen molar-refractivity contribution in [2.75, 3.05) is 30.1 Å². The van der Waals surface area contributed by atoms with Gasteiger partial charge in [-0.05, 0) is 85.8 Å². The molecular weight excluding hydrogens is 675 g/mol. The van der Waals surface area contributed by atoms with Gasteiger partial charge in [0, 0.05) is 24.8 Å². The summed E-state index contributed by atoms with van der Waals surface area (Å²) in [6.07, 6.45) is 3.26. The Morgan fingerprint density at radius 1 is 0.922 bits per heavy atom. The molecule has 3 aliphatic heterocycles. The molecule has 258 valence electrons. The summed E-state index contributed by atoms with van der Waals surface area (Å²) in [7, 11) is 0. The molecule has 8 rings (SSSR count). The molecule has 0 bridgehead atoms. The van der Waals surface area contributed by atoms with E-state index in [1.165, 1.54) is 17.0 Å². The number of ether oxygens (including phenoxy) is 3. The largest absolute Gasteiger partial charge is 0.457 e. The Morgan fingerprint density at radius 2 is 1.65 bits per heavy atom. The van der Waals surface area contributed by atoms with Gasteiger partial charge in [0.25, 0.3) is 23.3 Å². The van der Waals surface area contributed by atoms with E-state index >= 15 is 0 Å². The molecule has 1 saturated heterocycles. The third kappa shape index (κ3) is 5.86. The summed E-state index contributed by atoms with van der Waals surface area (Å²) in [5.41, 5.74) is 1.48. The number of amides is 4. The zero-order chi connectivity index (χ0) is 35.4. The Hall–Kier alpha value is -6.02. The van der Waals surface area contributed by atoms with Crippen molar-refractivity contribution in [1.82, 2.24) is 14.5 Å². The van der Waals surface area contributed by atoms with Gasteiger partial charge in [-0.2, -0.15) is 0 Å². The smallest absolute Gasteiger partial charge is 0.266 e. The summed E-state index contributed by atoms with van der Waals surface area (Å²) in [5.74, 6) is 0.924. The van der Waals surface area contributed by atoms with E-state index in [2.05, 4.69) is 17.2 Å². The monoisotopic (exact) mass is 705 g/mol.